The van der Waals surface area contributed by atoms with Crippen molar-refractivity contribution in [3.63, 3.8) is 0 Å². The van der Waals surface area contributed by atoms with Crippen molar-refractivity contribution in [2.24, 2.45) is 0 Å². The maximum Gasteiger partial charge on any atom is 0.417 e. The molecule has 0 spiro atoms. The van der Waals surface area contributed by atoms with Crippen LogP contribution in [0.2, 0.25) is 0 Å². The van der Waals surface area contributed by atoms with Gasteiger partial charge in [0.1, 0.15) is 5.52 Å². The molecule has 5 heteroatoms. The lowest BCUT2D eigenvalue weighted by atomic mass is 9.90. The quantitative estimate of drug-likeness (QED) is 0.626. The van der Waals surface area contributed by atoms with Gasteiger partial charge < -0.3 is 8.83 Å². The maximum atomic E-state index is 12.0. The molecule has 2 heterocycles. The minimum Gasteiger partial charge on any atom is -0.420 e. The summed E-state index contributed by atoms with van der Waals surface area (Å²) in [7, 11) is 0. The maximum absolute atomic E-state index is 12.0. The molecule has 1 aliphatic rings. The number of hydrogen-bond acceptors (Lipinski definition) is 4. The third-order valence-corrected chi connectivity index (χ3v) is 3.78. The van der Waals surface area contributed by atoms with E-state index in [-0.39, 0.29) is 5.63 Å². The second-order valence-corrected chi connectivity index (χ2v) is 4.88. The molecule has 0 amide bonds. The van der Waals surface area contributed by atoms with Gasteiger partial charge in [-0.2, -0.15) is 0 Å². The van der Waals surface area contributed by atoms with E-state index in [4.69, 9.17) is 8.83 Å². The molecule has 0 aliphatic heterocycles. The molecule has 96 valence electrons. The number of benzene rings is 1. The summed E-state index contributed by atoms with van der Waals surface area (Å²) < 4.78 is 10.4. The highest BCUT2D eigenvalue weighted by molar-refractivity contribution is 6.00. The van der Waals surface area contributed by atoms with Gasteiger partial charge >= 0.3 is 11.4 Å². The zero-order valence-corrected chi connectivity index (χ0v) is 10.1. The van der Waals surface area contributed by atoms with E-state index in [0.717, 1.165) is 42.2 Å². The zero-order chi connectivity index (χ0) is 13.0. The van der Waals surface area contributed by atoms with Gasteiger partial charge in [-0.15, -0.1) is 0 Å². The number of aromatic nitrogens is 1. The van der Waals surface area contributed by atoms with E-state index in [0.29, 0.717) is 16.7 Å². The highest BCUT2D eigenvalue weighted by Crippen LogP contribution is 2.30. The van der Waals surface area contributed by atoms with Crippen molar-refractivity contribution in [2.45, 2.75) is 25.7 Å². The van der Waals surface area contributed by atoms with Crippen LogP contribution in [0.3, 0.4) is 0 Å². The topological polar surface area (TPSA) is 76.2 Å². The first kappa shape index (κ1) is 10.6. The van der Waals surface area contributed by atoms with E-state index in [9.17, 15) is 9.59 Å². The lowest BCUT2D eigenvalue weighted by molar-refractivity contribution is 0.535. The fourth-order valence-electron chi connectivity index (χ4n) is 2.92. The largest absolute Gasteiger partial charge is 0.420 e. The number of nitrogens with one attached hydrogen (secondary N) is 1. The van der Waals surface area contributed by atoms with Crippen molar-refractivity contribution in [1.29, 1.82) is 0 Å². The molecule has 0 fully saturated rings. The van der Waals surface area contributed by atoms with Gasteiger partial charge in [0, 0.05) is 10.9 Å². The Labute approximate surface area is 106 Å². The highest BCUT2D eigenvalue weighted by atomic mass is 16.4. The SMILES string of the molecule is O=c1[nH]c2c(ccc3c4c(c(=O)oc32)CCCC4)o1. The number of H-pyrrole nitrogens is 1. The van der Waals surface area contributed by atoms with E-state index in [1.54, 1.807) is 6.07 Å². The first-order valence-electron chi connectivity index (χ1n) is 6.34. The van der Waals surface area contributed by atoms with Crippen LogP contribution in [0.4, 0.5) is 0 Å². The van der Waals surface area contributed by atoms with Gasteiger partial charge in [0.2, 0.25) is 0 Å². The van der Waals surface area contributed by atoms with Crippen LogP contribution in [0.15, 0.2) is 30.6 Å². The predicted octanol–water partition coefficient (Wildman–Crippen LogP) is 2.11. The van der Waals surface area contributed by atoms with Crippen molar-refractivity contribution in [1.82, 2.24) is 4.98 Å². The molecule has 0 bridgehead atoms. The monoisotopic (exact) mass is 257 g/mol. The van der Waals surface area contributed by atoms with Gasteiger partial charge in [-0.25, -0.2) is 9.59 Å². The minimum absolute atomic E-state index is 0.295. The Morgan fingerprint density at radius 2 is 1.79 bits per heavy atom. The van der Waals surface area contributed by atoms with Gasteiger partial charge in [-0.3, -0.25) is 4.98 Å². The minimum atomic E-state index is -0.539. The zero-order valence-electron chi connectivity index (χ0n) is 10.1. The first-order chi connectivity index (χ1) is 9.24. The summed E-state index contributed by atoms with van der Waals surface area (Å²) in [6.07, 6.45) is 3.75. The number of fused-ring (bicyclic) bond motifs is 5. The van der Waals surface area contributed by atoms with Crippen molar-refractivity contribution in [3.05, 3.63) is 44.2 Å². The van der Waals surface area contributed by atoms with Gasteiger partial charge in [0.05, 0.1) is 0 Å². The summed E-state index contributed by atoms with van der Waals surface area (Å²) >= 11 is 0. The number of rotatable bonds is 0. The van der Waals surface area contributed by atoms with Crippen molar-refractivity contribution in [2.75, 3.05) is 0 Å². The van der Waals surface area contributed by atoms with E-state index in [1.807, 2.05) is 6.07 Å². The molecular formula is C14H11NO4. The summed E-state index contributed by atoms with van der Waals surface area (Å²) in [5.41, 5.74) is 2.85. The molecule has 0 saturated heterocycles. The van der Waals surface area contributed by atoms with Crippen LogP contribution >= 0.6 is 0 Å². The van der Waals surface area contributed by atoms with Crippen LogP contribution in [-0.2, 0) is 12.8 Å². The van der Waals surface area contributed by atoms with Crippen LogP contribution in [0, 0.1) is 0 Å². The molecule has 1 aromatic carbocycles. The summed E-state index contributed by atoms with van der Waals surface area (Å²) in [6.45, 7) is 0. The molecule has 0 atom stereocenters. The Balaban J connectivity index is 2.24. The van der Waals surface area contributed by atoms with Crippen LogP contribution in [-0.4, -0.2) is 4.98 Å². The highest BCUT2D eigenvalue weighted by Gasteiger charge is 2.20. The van der Waals surface area contributed by atoms with Crippen molar-refractivity contribution >= 4 is 22.1 Å². The van der Waals surface area contributed by atoms with Crippen LogP contribution < -0.4 is 11.4 Å². The number of oxazole rings is 1. The lowest BCUT2D eigenvalue weighted by Gasteiger charge is -2.15. The van der Waals surface area contributed by atoms with Gasteiger partial charge in [0.25, 0.3) is 0 Å². The molecule has 1 aliphatic carbocycles. The average molecular weight is 257 g/mol. The van der Waals surface area contributed by atoms with Gasteiger partial charge in [-0.05, 0) is 43.4 Å². The third kappa shape index (κ3) is 1.41. The molecule has 0 unspecified atom stereocenters. The van der Waals surface area contributed by atoms with Crippen molar-refractivity contribution in [3.8, 4) is 0 Å². The number of aryl methyl sites for hydroxylation is 1. The summed E-state index contributed by atoms with van der Waals surface area (Å²) in [5, 5.41) is 0.902. The second-order valence-electron chi connectivity index (χ2n) is 4.88. The van der Waals surface area contributed by atoms with Crippen molar-refractivity contribution < 1.29 is 8.83 Å². The van der Waals surface area contributed by atoms with E-state index in [1.165, 1.54) is 0 Å². The molecule has 3 aromatic rings. The predicted molar refractivity (Wildman–Crippen MR) is 69.5 cm³/mol. The molecular weight excluding hydrogens is 246 g/mol. The number of aromatic amines is 1. The van der Waals surface area contributed by atoms with Crippen LogP contribution in [0.5, 0.6) is 0 Å². The Morgan fingerprint density at radius 1 is 1.00 bits per heavy atom. The lowest BCUT2D eigenvalue weighted by Crippen LogP contribution is -2.15. The smallest absolute Gasteiger partial charge is 0.417 e. The Hall–Kier alpha value is -2.30. The Kier molecular flexibility index (Phi) is 2.01. The summed E-state index contributed by atoms with van der Waals surface area (Å²) in [4.78, 5) is 25.9. The van der Waals surface area contributed by atoms with Gasteiger partial charge in [0.15, 0.2) is 11.2 Å². The second kappa shape index (κ2) is 3.60. The Morgan fingerprint density at radius 3 is 2.63 bits per heavy atom. The van der Waals surface area contributed by atoms with Gasteiger partial charge in [-0.1, -0.05) is 0 Å². The summed E-state index contributed by atoms with van der Waals surface area (Å²) in [5.74, 6) is -0.539. The Bertz CT molecular complexity index is 913. The van der Waals surface area contributed by atoms with Crippen LogP contribution in [0.1, 0.15) is 24.0 Å². The summed E-state index contributed by atoms with van der Waals surface area (Å²) in [6, 6.07) is 3.60. The molecule has 0 radical (unpaired) electrons. The van der Waals surface area contributed by atoms with E-state index >= 15 is 0 Å². The molecule has 5 nitrogen and oxygen atoms in total. The molecule has 19 heavy (non-hydrogen) atoms. The number of hydrogen-bond donors (Lipinski definition) is 1. The first-order valence-corrected chi connectivity index (χ1v) is 6.34. The molecule has 2 aromatic heterocycles. The third-order valence-electron chi connectivity index (χ3n) is 3.78. The normalized spacial score (nSPS) is 14.9. The average Bonchev–Trinajstić information content (AvgIpc) is 2.80. The fraction of sp³-hybridized carbons (Fsp3) is 0.286. The van der Waals surface area contributed by atoms with E-state index in [2.05, 4.69) is 4.98 Å². The van der Waals surface area contributed by atoms with E-state index < -0.39 is 5.76 Å². The standard InChI is InChI=1S/C14H11NO4/c16-13-9-4-2-1-3-7(9)8-5-6-10-11(12(8)19-13)15-14(17)18-10/h5-6H,1-4H2,(H,15,17). The molecule has 0 saturated carbocycles. The molecule has 1 N–H and O–H groups in total. The molecule has 4 rings (SSSR count). The van der Waals surface area contributed by atoms with Crippen LogP contribution in [0.25, 0.3) is 22.1 Å². The fourth-order valence-corrected chi connectivity index (χ4v) is 2.92.